The summed E-state index contributed by atoms with van der Waals surface area (Å²) in [5.41, 5.74) is -1.04. The standard InChI is InChI=1S/C12H18NO6/c1-9(14)18-6-3-11(19-10(2)15)12(13-16)4-7-17-8-5-12/h3,11H,4-8H2,1-2H3. The average molecular weight is 272 g/mol. The van der Waals surface area contributed by atoms with Crippen molar-refractivity contribution in [3.8, 4) is 0 Å². The number of hydrogen-bond donors (Lipinski definition) is 0. The molecular weight excluding hydrogens is 254 g/mol. The van der Waals surface area contributed by atoms with E-state index in [0.717, 1.165) is 0 Å². The maximum Gasteiger partial charge on any atom is 0.303 e. The van der Waals surface area contributed by atoms with Gasteiger partial charge in [0.05, 0.1) is 6.61 Å². The molecule has 1 rings (SSSR count). The van der Waals surface area contributed by atoms with Crippen molar-refractivity contribution in [3.05, 3.63) is 11.3 Å². The molecule has 107 valence electrons. The molecule has 0 aromatic carbocycles. The summed E-state index contributed by atoms with van der Waals surface area (Å²) < 4.78 is 15.1. The van der Waals surface area contributed by atoms with Gasteiger partial charge in [-0.15, -0.1) is 0 Å². The second-order valence-electron chi connectivity index (χ2n) is 4.38. The molecule has 0 amide bonds. The molecule has 1 atom stereocenters. The van der Waals surface area contributed by atoms with Crippen LogP contribution >= 0.6 is 0 Å². The Kier molecular flexibility index (Phi) is 5.88. The molecule has 0 aliphatic carbocycles. The summed E-state index contributed by atoms with van der Waals surface area (Å²) in [5.74, 6) is -0.962. The van der Waals surface area contributed by atoms with Gasteiger partial charge < -0.3 is 14.2 Å². The van der Waals surface area contributed by atoms with Crippen molar-refractivity contribution < 1.29 is 23.8 Å². The Morgan fingerprint density at radius 1 is 1.32 bits per heavy atom. The topological polar surface area (TPSA) is 91.3 Å². The van der Waals surface area contributed by atoms with E-state index in [2.05, 4.69) is 5.18 Å². The van der Waals surface area contributed by atoms with Crippen LogP contribution in [0.25, 0.3) is 0 Å². The summed E-state index contributed by atoms with van der Waals surface area (Å²) in [6.45, 7) is 3.25. The van der Waals surface area contributed by atoms with Crippen LogP contribution in [0.1, 0.15) is 26.7 Å². The Labute approximate surface area is 111 Å². The zero-order valence-corrected chi connectivity index (χ0v) is 11.1. The van der Waals surface area contributed by atoms with Gasteiger partial charge in [-0.1, -0.05) is 5.18 Å². The number of nitrogens with zero attached hydrogens (tertiary/aromatic N) is 1. The van der Waals surface area contributed by atoms with Gasteiger partial charge in [-0.25, -0.2) is 0 Å². The number of nitroso groups, excluding NO2 is 1. The van der Waals surface area contributed by atoms with Crippen LogP contribution in [0.15, 0.2) is 5.18 Å². The van der Waals surface area contributed by atoms with E-state index >= 15 is 0 Å². The molecule has 0 bridgehead atoms. The first-order chi connectivity index (χ1) is 9.00. The number of esters is 2. The quantitative estimate of drug-likeness (QED) is 0.529. The van der Waals surface area contributed by atoms with Crippen LogP contribution in [0.3, 0.4) is 0 Å². The van der Waals surface area contributed by atoms with Crippen LogP contribution in [0.2, 0.25) is 0 Å². The van der Waals surface area contributed by atoms with E-state index in [1.165, 1.54) is 20.3 Å². The molecule has 1 aliphatic heterocycles. The molecule has 1 radical (unpaired) electrons. The van der Waals surface area contributed by atoms with Gasteiger partial charge >= 0.3 is 11.9 Å². The van der Waals surface area contributed by atoms with Gasteiger partial charge in [0, 0.05) is 46.3 Å². The number of carbonyl (C=O) groups is 2. The average Bonchev–Trinajstić information content (AvgIpc) is 2.37. The molecule has 0 spiro atoms. The van der Waals surface area contributed by atoms with Crippen molar-refractivity contribution >= 4 is 11.9 Å². The smallest absolute Gasteiger partial charge is 0.303 e. The Morgan fingerprint density at radius 2 is 1.95 bits per heavy atom. The van der Waals surface area contributed by atoms with Crippen LogP contribution < -0.4 is 0 Å². The van der Waals surface area contributed by atoms with Crippen LogP contribution in [0, 0.1) is 11.3 Å². The molecule has 0 aromatic heterocycles. The largest absolute Gasteiger partial charge is 0.465 e. The lowest BCUT2D eigenvalue weighted by Gasteiger charge is -2.36. The summed E-state index contributed by atoms with van der Waals surface area (Å²) in [6.07, 6.45) is 1.40. The highest BCUT2D eigenvalue weighted by molar-refractivity contribution is 5.67. The zero-order chi connectivity index (χ0) is 14.3. The summed E-state index contributed by atoms with van der Waals surface area (Å²) in [4.78, 5) is 33.0. The summed E-state index contributed by atoms with van der Waals surface area (Å²) in [5, 5.41) is 3.15. The van der Waals surface area contributed by atoms with E-state index in [1.54, 1.807) is 0 Å². The second-order valence-corrected chi connectivity index (χ2v) is 4.38. The molecule has 1 aliphatic rings. The van der Waals surface area contributed by atoms with Crippen molar-refractivity contribution in [1.29, 1.82) is 0 Å². The van der Waals surface area contributed by atoms with Crippen molar-refractivity contribution in [2.75, 3.05) is 19.8 Å². The highest BCUT2D eigenvalue weighted by atomic mass is 16.6. The molecule has 7 nitrogen and oxygen atoms in total. The lowest BCUT2D eigenvalue weighted by Crippen LogP contribution is -2.48. The molecule has 1 saturated heterocycles. The molecule has 1 heterocycles. The van der Waals surface area contributed by atoms with Gasteiger partial charge in [-0.2, -0.15) is 4.91 Å². The van der Waals surface area contributed by atoms with E-state index in [1.807, 2.05) is 0 Å². The molecule has 0 N–H and O–H groups in total. The third-order valence-electron chi connectivity index (χ3n) is 2.96. The fourth-order valence-electron chi connectivity index (χ4n) is 1.96. The number of ether oxygens (including phenoxy) is 3. The fourth-order valence-corrected chi connectivity index (χ4v) is 1.96. The lowest BCUT2D eigenvalue weighted by molar-refractivity contribution is -0.151. The van der Waals surface area contributed by atoms with Crippen molar-refractivity contribution in [2.45, 2.75) is 38.3 Å². The first kappa shape index (κ1) is 15.6. The zero-order valence-electron chi connectivity index (χ0n) is 11.1. The fraction of sp³-hybridized carbons (Fsp3) is 0.750. The Morgan fingerprint density at radius 3 is 2.42 bits per heavy atom. The monoisotopic (exact) mass is 272 g/mol. The highest BCUT2D eigenvalue weighted by Gasteiger charge is 2.44. The predicted octanol–water partition coefficient (Wildman–Crippen LogP) is 1.00. The summed E-state index contributed by atoms with van der Waals surface area (Å²) >= 11 is 0. The van der Waals surface area contributed by atoms with Crippen molar-refractivity contribution in [1.82, 2.24) is 0 Å². The first-order valence-corrected chi connectivity index (χ1v) is 6.06. The summed E-state index contributed by atoms with van der Waals surface area (Å²) in [7, 11) is 0. The minimum absolute atomic E-state index is 0.0363. The van der Waals surface area contributed by atoms with E-state index in [0.29, 0.717) is 26.1 Å². The minimum atomic E-state index is -1.04. The van der Waals surface area contributed by atoms with Gasteiger partial charge in [0.2, 0.25) is 0 Å². The number of rotatable bonds is 6. The van der Waals surface area contributed by atoms with Crippen molar-refractivity contribution in [2.24, 2.45) is 5.18 Å². The molecule has 7 heteroatoms. The van der Waals surface area contributed by atoms with E-state index in [-0.39, 0.29) is 6.61 Å². The van der Waals surface area contributed by atoms with Crippen LogP contribution in [-0.2, 0) is 23.8 Å². The second kappa shape index (κ2) is 7.18. The van der Waals surface area contributed by atoms with E-state index < -0.39 is 23.6 Å². The van der Waals surface area contributed by atoms with Gasteiger partial charge in [0.1, 0.15) is 11.6 Å². The molecule has 1 fully saturated rings. The SMILES string of the molecule is CC(=O)OC[CH]C(OC(C)=O)C1(N=O)CCOCC1. The van der Waals surface area contributed by atoms with Gasteiger partial charge in [0.25, 0.3) is 0 Å². The molecular formula is C12H18NO6. The number of hydrogen-bond acceptors (Lipinski definition) is 7. The summed E-state index contributed by atoms with van der Waals surface area (Å²) in [6, 6.07) is 0. The lowest BCUT2D eigenvalue weighted by atomic mass is 9.83. The van der Waals surface area contributed by atoms with Crippen LogP contribution in [-0.4, -0.2) is 43.4 Å². The maximum absolute atomic E-state index is 11.2. The van der Waals surface area contributed by atoms with Crippen LogP contribution in [0.4, 0.5) is 0 Å². The van der Waals surface area contributed by atoms with Crippen molar-refractivity contribution in [3.63, 3.8) is 0 Å². The predicted molar refractivity (Wildman–Crippen MR) is 65.1 cm³/mol. The molecule has 1 unspecified atom stereocenters. The van der Waals surface area contributed by atoms with E-state index in [4.69, 9.17) is 14.2 Å². The first-order valence-electron chi connectivity index (χ1n) is 6.06. The molecule has 0 saturated carbocycles. The van der Waals surface area contributed by atoms with Gasteiger partial charge in [0.15, 0.2) is 0 Å². The third kappa shape index (κ3) is 4.59. The molecule has 19 heavy (non-hydrogen) atoms. The maximum atomic E-state index is 11.2. The third-order valence-corrected chi connectivity index (χ3v) is 2.96. The minimum Gasteiger partial charge on any atom is -0.465 e. The highest BCUT2D eigenvalue weighted by Crippen LogP contribution is 2.32. The normalized spacial score (nSPS) is 19.3. The Bertz CT molecular complexity index is 337. The van der Waals surface area contributed by atoms with Gasteiger partial charge in [-0.3, -0.25) is 9.59 Å². The van der Waals surface area contributed by atoms with E-state index in [9.17, 15) is 14.5 Å². The molecule has 0 aromatic rings. The Balaban J connectivity index is 2.71. The Hall–Kier alpha value is -1.50. The van der Waals surface area contributed by atoms with Crippen LogP contribution in [0.5, 0.6) is 0 Å². The van der Waals surface area contributed by atoms with Gasteiger partial charge in [-0.05, 0) is 0 Å². The number of carbonyl (C=O) groups excluding carboxylic acids is 2.